The highest BCUT2D eigenvalue weighted by molar-refractivity contribution is 5.92. The van der Waals surface area contributed by atoms with Gasteiger partial charge >= 0.3 is 0 Å². The fourth-order valence-electron chi connectivity index (χ4n) is 2.29. The number of pyridine rings is 1. The molecule has 0 spiro atoms. The van der Waals surface area contributed by atoms with Crippen molar-refractivity contribution in [2.24, 2.45) is 0 Å². The molecule has 2 aromatic carbocycles. The Balaban J connectivity index is 1.82. The highest BCUT2D eigenvalue weighted by Crippen LogP contribution is 2.12. The van der Waals surface area contributed by atoms with Crippen LogP contribution in [0.3, 0.4) is 0 Å². The summed E-state index contributed by atoms with van der Waals surface area (Å²) in [7, 11) is 0. The van der Waals surface area contributed by atoms with Crippen LogP contribution in [0.1, 0.15) is 13.0 Å². The lowest BCUT2D eigenvalue weighted by atomic mass is 10.1. The van der Waals surface area contributed by atoms with Crippen molar-refractivity contribution >= 4 is 22.4 Å². The number of para-hydroxylation sites is 1. The summed E-state index contributed by atoms with van der Waals surface area (Å²) in [6, 6.07) is 19.4. The van der Waals surface area contributed by atoms with Gasteiger partial charge in [0.25, 0.3) is 5.91 Å². The van der Waals surface area contributed by atoms with E-state index in [1.54, 1.807) is 0 Å². The van der Waals surface area contributed by atoms with Gasteiger partial charge in [-0.25, -0.2) is 0 Å². The molecule has 0 aliphatic heterocycles. The Morgan fingerprint density at radius 2 is 1.62 bits per heavy atom. The lowest BCUT2D eigenvalue weighted by Gasteiger charge is -2.09. The van der Waals surface area contributed by atoms with E-state index in [4.69, 9.17) is 0 Å². The van der Waals surface area contributed by atoms with Crippen LogP contribution in [0.5, 0.6) is 0 Å². The normalized spacial score (nSPS) is 12.0. The number of aromatic nitrogens is 1. The molecule has 0 unspecified atom stereocenters. The van der Waals surface area contributed by atoms with Crippen molar-refractivity contribution in [3.8, 4) is 0 Å². The Labute approximate surface area is 123 Å². The van der Waals surface area contributed by atoms with Crippen molar-refractivity contribution in [2.75, 3.05) is 5.32 Å². The van der Waals surface area contributed by atoms with Gasteiger partial charge in [0.15, 0.2) is 12.4 Å². The van der Waals surface area contributed by atoms with Gasteiger partial charge in [0, 0.05) is 24.1 Å². The number of rotatable bonds is 3. The van der Waals surface area contributed by atoms with E-state index in [2.05, 4.69) is 11.4 Å². The van der Waals surface area contributed by atoms with Crippen LogP contribution in [-0.4, -0.2) is 5.91 Å². The molecule has 3 nitrogen and oxygen atoms in total. The maximum atomic E-state index is 12.3. The van der Waals surface area contributed by atoms with Crippen molar-refractivity contribution in [3.63, 3.8) is 0 Å². The average molecular weight is 277 g/mol. The van der Waals surface area contributed by atoms with E-state index in [1.807, 2.05) is 78.5 Å². The van der Waals surface area contributed by atoms with Crippen molar-refractivity contribution < 1.29 is 9.36 Å². The van der Waals surface area contributed by atoms with Crippen LogP contribution in [0.25, 0.3) is 10.8 Å². The highest BCUT2D eigenvalue weighted by Gasteiger charge is 2.22. The number of hydrogen-bond donors (Lipinski definition) is 1. The molecule has 1 aromatic heterocycles. The van der Waals surface area contributed by atoms with E-state index in [0.717, 1.165) is 11.1 Å². The topological polar surface area (TPSA) is 33.0 Å². The van der Waals surface area contributed by atoms with Crippen LogP contribution in [0.4, 0.5) is 5.69 Å². The van der Waals surface area contributed by atoms with Crippen molar-refractivity contribution in [3.05, 3.63) is 73.1 Å². The van der Waals surface area contributed by atoms with Crippen LogP contribution < -0.4 is 9.88 Å². The molecule has 3 rings (SSSR count). The number of fused-ring (bicyclic) bond motifs is 1. The smallest absolute Gasteiger partial charge is 0.293 e. The van der Waals surface area contributed by atoms with E-state index in [9.17, 15) is 4.79 Å². The monoisotopic (exact) mass is 277 g/mol. The highest BCUT2D eigenvalue weighted by atomic mass is 16.2. The summed E-state index contributed by atoms with van der Waals surface area (Å²) in [4.78, 5) is 12.3. The molecule has 1 heterocycles. The third-order valence-electron chi connectivity index (χ3n) is 3.58. The van der Waals surface area contributed by atoms with Gasteiger partial charge in [0.1, 0.15) is 0 Å². The summed E-state index contributed by atoms with van der Waals surface area (Å²) in [5.41, 5.74) is 0.815. The first-order valence-electron chi connectivity index (χ1n) is 6.99. The fourth-order valence-corrected chi connectivity index (χ4v) is 2.29. The molecule has 1 N–H and O–H groups in total. The van der Waals surface area contributed by atoms with Crippen molar-refractivity contribution in [1.82, 2.24) is 0 Å². The maximum Gasteiger partial charge on any atom is 0.293 e. The third-order valence-corrected chi connectivity index (χ3v) is 3.58. The molecule has 104 valence electrons. The fraction of sp³-hybridized carbons (Fsp3) is 0.111. The lowest BCUT2D eigenvalue weighted by Crippen LogP contribution is -2.44. The molecule has 0 aliphatic carbocycles. The van der Waals surface area contributed by atoms with Crippen LogP contribution in [0.15, 0.2) is 73.1 Å². The SMILES string of the molecule is C[C@@H](C(=O)Nc1ccccc1)[n+]1ccc2ccccc2c1. The van der Waals surface area contributed by atoms with Crippen LogP contribution in [0.2, 0.25) is 0 Å². The Bertz CT molecular complexity index is 768. The number of carbonyl (C=O) groups is 1. The van der Waals surface area contributed by atoms with Crippen molar-refractivity contribution in [1.29, 1.82) is 0 Å². The van der Waals surface area contributed by atoms with Crippen LogP contribution in [-0.2, 0) is 4.79 Å². The zero-order valence-corrected chi connectivity index (χ0v) is 11.9. The zero-order chi connectivity index (χ0) is 14.7. The minimum Gasteiger partial charge on any atom is -0.320 e. The minimum atomic E-state index is -0.269. The molecule has 0 bridgehead atoms. The summed E-state index contributed by atoms with van der Waals surface area (Å²) in [5.74, 6) is -0.0264. The molecule has 0 fully saturated rings. The summed E-state index contributed by atoms with van der Waals surface area (Å²) < 4.78 is 1.93. The first-order valence-corrected chi connectivity index (χ1v) is 6.99. The van der Waals surface area contributed by atoms with Gasteiger partial charge in [-0.1, -0.05) is 36.4 Å². The number of nitrogens with one attached hydrogen (secondary N) is 1. The van der Waals surface area contributed by atoms with E-state index < -0.39 is 0 Å². The Kier molecular flexibility index (Phi) is 3.65. The predicted molar refractivity (Wildman–Crippen MR) is 83.9 cm³/mol. The quantitative estimate of drug-likeness (QED) is 0.732. The van der Waals surface area contributed by atoms with Gasteiger partial charge in [-0.3, -0.25) is 4.79 Å². The van der Waals surface area contributed by atoms with E-state index in [1.165, 1.54) is 5.39 Å². The molecular formula is C18H17N2O+. The summed E-state index contributed by atoms with van der Waals surface area (Å²) in [5, 5.41) is 5.22. The second-order valence-electron chi connectivity index (χ2n) is 5.05. The number of carbonyl (C=O) groups excluding carboxylic acids is 1. The summed E-state index contributed by atoms with van der Waals surface area (Å²) >= 11 is 0. The number of hydrogen-bond acceptors (Lipinski definition) is 1. The van der Waals surface area contributed by atoms with E-state index in [0.29, 0.717) is 0 Å². The predicted octanol–water partition coefficient (Wildman–Crippen LogP) is 3.33. The van der Waals surface area contributed by atoms with Crippen LogP contribution >= 0.6 is 0 Å². The zero-order valence-electron chi connectivity index (χ0n) is 11.9. The Morgan fingerprint density at radius 1 is 0.952 bits per heavy atom. The molecule has 1 atom stereocenters. The van der Waals surface area contributed by atoms with Gasteiger partial charge < -0.3 is 5.32 Å². The van der Waals surface area contributed by atoms with Gasteiger partial charge in [0.2, 0.25) is 6.04 Å². The third kappa shape index (κ3) is 2.92. The molecular weight excluding hydrogens is 260 g/mol. The number of nitrogens with zero attached hydrogens (tertiary/aromatic N) is 1. The molecule has 0 saturated heterocycles. The second-order valence-corrected chi connectivity index (χ2v) is 5.05. The van der Waals surface area contributed by atoms with Crippen LogP contribution in [0, 0.1) is 0 Å². The summed E-state index contributed by atoms with van der Waals surface area (Å²) in [6.07, 6.45) is 3.95. The molecule has 21 heavy (non-hydrogen) atoms. The first-order chi connectivity index (χ1) is 10.2. The number of anilines is 1. The van der Waals surface area contributed by atoms with Gasteiger partial charge in [-0.2, -0.15) is 4.57 Å². The van der Waals surface area contributed by atoms with Crippen molar-refractivity contribution in [2.45, 2.75) is 13.0 Å². The lowest BCUT2D eigenvalue weighted by molar-refractivity contribution is -0.704. The Morgan fingerprint density at radius 3 is 2.38 bits per heavy atom. The minimum absolute atomic E-state index is 0.0264. The molecule has 3 heteroatoms. The number of amides is 1. The van der Waals surface area contributed by atoms with E-state index in [-0.39, 0.29) is 11.9 Å². The number of benzene rings is 2. The molecule has 3 aromatic rings. The molecule has 0 aliphatic rings. The largest absolute Gasteiger partial charge is 0.320 e. The van der Waals surface area contributed by atoms with Gasteiger partial charge in [-0.05, 0) is 23.6 Å². The molecule has 0 radical (unpaired) electrons. The molecule has 0 saturated carbocycles. The van der Waals surface area contributed by atoms with Gasteiger partial charge in [-0.15, -0.1) is 0 Å². The van der Waals surface area contributed by atoms with E-state index >= 15 is 0 Å². The second kappa shape index (κ2) is 5.75. The Hall–Kier alpha value is -2.68. The van der Waals surface area contributed by atoms with Gasteiger partial charge in [0.05, 0.1) is 0 Å². The first kappa shape index (κ1) is 13.3. The summed E-state index contributed by atoms with van der Waals surface area (Å²) in [6.45, 7) is 1.90. The average Bonchev–Trinajstić information content (AvgIpc) is 2.54. The maximum absolute atomic E-state index is 12.3. The standard InChI is InChI=1S/C18H16N2O/c1-14(18(21)19-17-9-3-2-4-10-17)20-12-11-15-7-5-6-8-16(15)13-20/h2-14H,1H3/p+1/t14-/m0/s1. The molecule has 1 amide bonds.